The Morgan fingerprint density at radius 3 is 2.75 bits per heavy atom. The number of aldehydes is 1. The van der Waals surface area contributed by atoms with Gasteiger partial charge in [0.15, 0.2) is 0 Å². The van der Waals surface area contributed by atoms with Crippen LogP contribution in [0.3, 0.4) is 0 Å². The van der Waals surface area contributed by atoms with Crippen LogP contribution in [0.4, 0.5) is 0 Å². The lowest BCUT2D eigenvalue weighted by molar-refractivity contribution is -0.127. The highest BCUT2D eigenvalue weighted by Gasteiger charge is 2.48. The zero-order chi connectivity index (χ0) is 16.8. The molecule has 1 spiro atoms. The summed E-state index contributed by atoms with van der Waals surface area (Å²) in [6.45, 7) is 3.46. The van der Waals surface area contributed by atoms with E-state index in [9.17, 15) is 4.79 Å². The summed E-state index contributed by atoms with van der Waals surface area (Å²) in [6, 6.07) is 10.2. The minimum atomic E-state index is 0.0136. The fraction of sp³-hybridized carbons (Fsp3) is 0.632. The molecule has 3 nitrogen and oxygen atoms in total. The van der Waals surface area contributed by atoms with E-state index in [0.29, 0.717) is 25.6 Å². The van der Waals surface area contributed by atoms with Gasteiger partial charge < -0.3 is 14.3 Å². The van der Waals surface area contributed by atoms with Gasteiger partial charge in [-0.25, -0.2) is 0 Å². The highest BCUT2D eigenvalue weighted by atomic mass is 32.2. The van der Waals surface area contributed by atoms with E-state index in [1.807, 2.05) is 18.2 Å². The third-order valence-corrected chi connectivity index (χ3v) is 8.60. The van der Waals surface area contributed by atoms with Gasteiger partial charge in [-0.3, -0.25) is 0 Å². The second-order valence-electron chi connectivity index (χ2n) is 6.55. The molecule has 1 aromatic rings. The van der Waals surface area contributed by atoms with Gasteiger partial charge in [0.2, 0.25) is 0 Å². The molecule has 0 saturated carbocycles. The SMILES string of the molecule is C[C@H]1[C@H](CC=O)O[C@H](COCc2ccccc2)CC12SCCCS2. The van der Waals surface area contributed by atoms with Gasteiger partial charge in [0.1, 0.15) is 6.29 Å². The maximum absolute atomic E-state index is 11.1. The maximum Gasteiger partial charge on any atom is 0.122 e. The molecule has 0 aromatic heterocycles. The summed E-state index contributed by atoms with van der Waals surface area (Å²) < 4.78 is 12.3. The number of carbonyl (C=O) groups is 1. The first-order chi connectivity index (χ1) is 11.7. The lowest BCUT2D eigenvalue weighted by Crippen LogP contribution is -2.51. The molecular formula is C19H26O3S2. The average molecular weight is 367 g/mol. The number of benzene rings is 1. The molecule has 0 radical (unpaired) electrons. The van der Waals surface area contributed by atoms with E-state index >= 15 is 0 Å². The van der Waals surface area contributed by atoms with Crippen molar-refractivity contribution >= 4 is 29.8 Å². The minimum Gasteiger partial charge on any atom is -0.374 e. The Morgan fingerprint density at radius 2 is 2.04 bits per heavy atom. The van der Waals surface area contributed by atoms with E-state index in [4.69, 9.17) is 9.47 Å². The second kappa shape index (κ2) is 8.75. The van der Waals surface area contributed by atoms with Crippen molar-refractivity contribution < 1.29 is 14.3 Å². The van der Waals surface area contributed by atoms with Crippen LogP contribution in [-0.4, -0.2) is 40.7 Å². The van der Waals surface area contributed by atoms with Crippen molar-refractivity contribution in [2.45, 2.75) is 49.1 Å². The van der Waals surface area contributed by atoms with Crippen molar-refractivity contribution in [1.29, 1.82) is 0 Å². The highest BCUT2D eigenvalue weighted by Crippen LogP contribution is 2.54. The third kappa shape index (κ3) is 4.37. The monoisotopic (exact) mass is 366 g/mol. The predicted octanol–water partition coefficient (Wildman–Crippen LogP) is 4.15. The highest BCUT2D eigenvalue weighted by molar-refractivity contribution is 8.18. The summed E-state index contributed by atoms with van der Waals surface area (Å²) in [5, 5.41) is 0. The van der Waals surface area contributed by atoms with Crippen molar-refractivity contribution in [2.75, 3.05) is 18.1 Å². The van der Waals surface area contributed by atoms with Gasteiger partial charge in [-0.2, -0.15) is 0 Å². The Kier molecular flexibility index (Phi) is 6.67. The van der Waals surface area contributed by atoms with E-state index < -0.39 is 0 Å². The Bertz CT molecular complexity index is 517. The molecule has 3 atom stereocenters. The van der Waals surface area contributed by atoms with Crippen LogP contribution >= 0.6 is 23.5 Å². The molecule has 24 heavy (non-hydrogen) atoms. The van der Waals surface area contributed by atoms with Crippen LogP contribution in [-0.2, 0) is 20.9 Å². The average Bonchev–Trinajstić information content (AvgIpc) is 2.61. The Balaban J connectivity index is 1.60. The molecule has 0 aliphatic carbocycles. The van der Waals surface area contributed by atoms with Crippen molar-refractivity contribution in [3.05, 3.63) is 35.9 Å². The molecule has 0 bridgehead atoms. The summed E-state index contributed by atoms with van der Waals surface area (Å²) in [6.07, 6.45) is 3.86. The molecule has 2 aliphatic rings. The fourth-order valence-corrected chi connectivity index (χ4v) is 7.23. The van der Waals surface area contributed by atoms with Crippen LogP contribution in [0.25, 0.3) is 0 Å². The van der Waals surface area contributed by atoms with Gasteiger partial charge >= 0.3 is 0 Å². The molecule has 5 heteroatoms. The molecule has 132 valence electrons. The van der Waals surface area contributed by atoms with Gasteiger partial charge in [0.25, 0.3) is 0 Å². The van der Waals surface area contributed by atoms with Crippen molar-refractivity contribution in [3.8, 4) is 0 Å². The molecule has 0 N–H and O–H groups in total. The molecule has 0 amide bonds. The van der Waals surface area contributed by atoms with Crippen molar-refractivity contribution in [2.24, 2.45) is 5.92 Å². The number of thioether (sulfide) groups is 2. The second-order valence-corrected chi connectivity index (χ2v) is 9.66. The van der Waals surface area contributed by atoms with Crippen LogP contribution in [0.1, 0.15) is 31.7 Å². The fourth-order valence-electron chi connectivity index (χ4n) is 3.51. The van der Waals surface area contributed by atoms with Crippen molar-refractivity contribution in [1.82, 2.24) is 0 Å². The van der Waals surface area contributed by atoms with Gasteiger partial charge in [0, 0.05) is 18.8 Å². The molecule has 2 heterocycles. The van der Waals surface area contributed by atoms with Crippen LogP contribution < -0.4 is 0 Å². The van der Waals surface area contributed by atoms with E-state index in [-0.39, 0.29) is 16.3 Å². The first-order valence-corrected chi connectivity index (χ1v) is 10.7. The van der Waals surface area contributed by atoms with Crippen LogP contribution in [0, 0.1) is 5.92 Å². The first-order valence-electron chi connectivity index (χ1n) is 8.72. The number of carbonyl (C=O) groups excluding carboxylic acids is 1. The minimum absolute atomic E-state index is 0.0136. The molecule has 2 saturated heterocycles. The van der Waals surface area contributed by atoms with Crippen LogP contribution in [0.15, 0.2) is 30.3 Å². The molecule has 3 rings (SSSR count). The molecule has 0 unspecified atom stereocenters. The molecular weight excluding hydrogens is 340 g/mol. The van der Waals surface area contributed by atoms with Gasteiger partial charge in [0.05, 0.1) is 29.5 Å². The van der Waals surface area contributed by atoms with E-state index in [1.165, 1.54) is 23.5 Å². The zero-order valence-corrected chi connectivity index (χ0v) is 15.8. The smallest absolute Gasteiger partial charge is 0.122 e. The number of hydrogen-bond donors (Lipinski definition) is 0. The van der Waals surface area contributed by atoms with Crippen LogP contribution in [0.5, 0.6) is 0 Å². The standard InChI is InChI=1S/C19H26O3S2/c1-15-18(8-9-20)22-17(12-19(15)23-10-5-11-24-19)14-21-13-16-6-3-2-4-7-16/h2-4,6-7,9,15,17-18H,5,8,10-14H2,1H3/t15-,17-,18-/m0/s1. The molecule has 1 aromatic carbocycles. The van der Waals surface area contributed by atoms with E-state index in [0.717, 1.165) is 12.7 Å². The van der Waals surface area contributed by atoms with E-state index in [2.05, 4.69) is 42.6 Å². The van der Waals surface area contributed by atoms with Gasteiger partial charge in [-0.05, 0) is 23.5 Å². The largest absolute Gasteiger partial charge is 0.374 e. The van der Waals surface area contributed by atoms with Gasteiger partial charge in [-0.15, -0.1) is 23.5 Å². The number of ether oxygens (including phenoxy) is 2. The Labute approximate surface area is 153 Å². The zero-order valence-electron chi connectivity index (χ0n) is 14.2. The summed E-state index contributed by atoms with van der Waals surface area (Å²) in [4.78, 5) is 11.1. The molecule has 2 fully saturated rings. The summed E-state index contributed by atoms with van der Waals surface area (Å²) in [5.74, 6) is 2.81. The molecule has 2 aliphatic heterocycles. The van der Waals surface area contributed by atoms with Crippen LogP contribution in [0.2, 0.25) is 0 Å². The summed E-state index contributed by atoms with van der Waals surface area (Å²) in [5.41, 5.74) is 1.18. The topological polar surface area (TPSA) is 35.5 Å². The van der Waals surface area contributed by atoms with Crippen molar-refractivity contribution in [3.63, 3.8) is 0 Å². The maximum atomic E-state index is 11.1. The number of hydrogen-bond acceptors (Lipinski definition) is 5. The number of rotatable bonds is 6. The summed E-state index contributed by atoms with van der Waals surface area (Å²) >= 11 is 4.14. The summed E-state index contributed by atoms with van der Waals surface area (Å²) in [7, 11) is 0. The van der Waals surface area contributed by atoms with Gasteiger partial charge in [-0.1, -0.05) is 37.3 Å². The Hall–Kier alpha value is -0.490. The lowest BCUT2D eigenvalue weighted by Gasteiger charge is -2.50. The quantitative estimate of drug-likeness (QED) is 0.707. The normalized spacial score (nSPS) is 29.5. The first kappa shape index (κ1) is 18.3. The predicted molar refractivity (Wildman–Crippen MR) is 101 cm³/mol. The third-order valence-electron chi connectivity index (χ3n) is 4.86. The van der Waals surface area contributed by atoms with E-state index in [1.54, 1.807) is 0 Å². The Morgan fingerprint density at radius 1 is 1.29 bits per heavy atom. The lowest BCUT2D eigenvalue weighted by atomic mass is 9.90.